The highest BCUT2D eigenvalue weighted by Crippen LogP contribution is 2.52. The van der Waals surface area contributed by atoms with Crippen LogP contribution in [0.5, 0.6) is 5.75 Å². The Balaban J connectivity index is 1.27. The van der Waals surface area contributed by atoms with Crippen molar-refractivity contribution in [2.45, 2.75) is 70.1 Å². The molecule has 4 atom stereocenters. The number of anilines is 1. The first-order valence-electron chi connectivity index (χ1n) is 12.5. The Kier molecular flexibility index (Phi) is 5.39. The standard InChI is InChI=1S/C26H27F2N7O/c1-26-8-2-3-15(11-26)9-21(24(26)28)35(16-4-5-16)23-13-30-25(32-31-23)18-7-6-17(10-22(18)36)34-14-19(27)20(12-29)33-34/h6-7,10,13-16,21,24,36H,2-5,8-9,11H2,1H3/t15-,21-,24-,26-/m0/s1. The molecule has 0 saturated heterocycles. The van der Waals surface area contributed by atoms with Crippen LogP contribution in [0.1, 0.15) is 57.6 Å². The molecule has 0 radical (unpaired) electrons. The molecule has 1 aromatic carbocycles. The average molecular weight is 492 g/mol. The Hall–Kier alpha value is -3.61. The monoisotopic (exact) mass is 491 g/mol. The van der Waals surface area contributed by atoms with Crippen molar-refractivity contribution in [1.29, 1.82) is 5.26 Å². The van der Waals surface area contributed by atoms with Gasteiger partial charge in [-0.15, -0.1) is 10.2 Å². The van der Waals surface area contributed by atoms with E-state index in [0.29, 0.717) is 23.0 Å². The van der Waals surface area contributed by atoms with Gasteiger partial charge in [0.1, 0.15) is 18.0 Å². The molecule has 3 aliphatic carbocycles. The van der Waals surface area contributed by atoms with Gasteiger partial charge in [-0.05, 0) is 50.2 Å². The molecule has 0 amide bonds. The molecule has 3 aliphatic rings. The Bertz CT molecular complexity index is 1330. The fraction of sp³-hybridized carbons (Fsp3) is 0.500. The smallest absolute Gasteiger partial charge is 0.198 e. The number of nitrogens with zero attached hydrogens (tertiary/aromatic N) is 7. The number of hydrogen-bond acceptors (Lipinski definition) is 7. The molecule has 36 heavy (non-hydrogen) atoms. The maximum absolute atomic E-state index is 15.9. The van der Waals surface area contributed by atoms with Crippen LogP contribution in [0.15, 0.2) is 30.6 Å². The highest BCUT2D eigenvalue weighted by molar-refractivity contribution is 5.66. The zero-order valence-electron chi connectivity index (χ0n) is 20.0. The first-order chi connectivity index (χ1) is 17.4. The maximum atomic E-state index is 15.9. The molecule has 1 N–H and O–H groups in total. The van der Waals surface area contributed by atoms with E-state index in [1.807, 2.05) is 0 Å². The van der Waals surface area contributed by atoms with E-state index in [1.165, 1.54) is 17.2 Å². The van der Waals surface area contributed by atoms with Crippen LogP contribution in [0.3, 0.4) is 0 Å². The van der Waals surface area contributed by atoms with E-state index in [0.717, 1.165) is 44.7 Å². The molecule has 0 unspecified atom stereocenters. The Morgan fingerprint density at radius 3 is 2.75 bits per heavy atom. The van der Waals surface area contributed by atoms with E-state index in [2.05, 4.69) is 32.1 Å². The number of alkyl halides is 1. The SMILES string of the molecule is C[C@@]12CCC[C@@H](C[C@H](N(c3cnc(-c4ccc(-n5cc(F)c(C#N)n5)cc4O)nn3)C3CC3)[C@@H]1F)C2. The lowest BCUT2D eigenvalue weighted by Gasteiger charge is -2.52. The van der Waals surface area contributed by atoms with Gasteiger partial charge in [-0.1, -0.05) is 19.8 Å². The lowest BCUT2D eigenvalue weighted by molar-refractivity contribution is -0.0125. The van der Waals surface area contributed by atoms with Crippen molar-refractivity contribution < 1.29 is 13.9 Å². The molecule has 10 heteroatoms. The minimum absolute atomic E-state index is 0.132. The third-order valence-corrected chi connectivity index (χ3v) is 8.07. The van der Waals surface area contributed by atoms with Gasteiger partial charge in [-0.2, -0.15) is 10.4 Å². The molecule has 2 aromatic heterocycles. The van der Waals surface area contributed by atoms with Crippen molar-refractivity contribution in [3.05, 3.63) is 42.1 Å². The minimum Gasteiger partial charge on any atom is -0.507 e. The van der Waals surface area contributed by atoms with Gasteiger partial charge in [-0.3, -0.25) is 0 Å². The molecule has 3 saturated carbocycles. The van der Waals surface area contributed by atoms with Gasteiger partial charge in [0.05, 0.1) is 29.7 Å². The Morgan fingerprint density at radius 2 is 2.08 bits per heavy atom. The largest absolute Gasteiger partial charge is 0.507 e. The third-order valence-electron chi connectivity index (χ3n) is 8.07. The zero-order chi connectivity index (χ0) is 25.0. The number of rotatable bonds is 5. The number of hydrogen-bond donors (Lipinski definition) is 1. The van der Waals surface area contributed by atoms with Gasteiger partial charge in [0, 0.05) is 17.5 Å². The lowest BCUT2D eigenvalue weighted by atomic mass is 9.60. The predicted molar refractivity (Wildman–Crippen MR) is 128 cm³/mol. The number of halogens is 2. The van der Waals surface area contributed by atoms with E-state index < -0.39 is 12.0 Å². The highest BCUT2D eigenvalue weighted by atomic mass is 19.1. The molecular formula is C26H27F2N7O. The van der Waals surface area contributed by atoms with Crippen molar-refractivity contribution in [1.82, 2.24) is 25.0 Å². The summed E-state index contributed by atoms with van der Waals surface area (Å²) in [6.45, 7) is 2.10. The van der Waals surface area contributed by atoms with Crippen LogP contribution in [0.2, 0.25) is 0 Å². The predicted octanol–water partition coefficient (Wildman–Crippen LogP) is 4.72. The number of phenolic OH excluding ortho intramolecular Hbond substituents is 1. The molecule has 6 rings (SSSR count). The fourth-order valence-electron chi connectivity index (χ4n) is 6.19. The van der Waals surface area contributed by atoms with Crippen molar-refractivity contribution >= 4 is 5.82 Å². The quantitative estimate of drug-likeness (QED) is 0.551. The number of phenols is 1. The van der Waals surface area contributed by atoms with Crippen LogP contribution >= 0.6 is 0 Å². The second-order valence-corrected chi connectivity index (χ2v) is 10.7. The first-order valence-corrected chi connectivity index (χ1v) is 12.5. The number of fused-ring (bicyclic) bond motifs is 2. The molecule has 8 nitrogen and oxygen atoms in total. The van der Waals surface area contributed by atoms with Gasteiger partial charge >= 0.3 is 0 Å². The summed E-state index contributed by atoms with van der Waals surface area (Å²) in [6.07, 6.45) is 8.80. The van der Waals surface area contributed by atoms with Crippen LogP contribution in [0.25, 0.3) is 17.1 Å². The minimum atomic E-state index is -0.915. The van der Waals surface area contributed by atoms with E-state index >= 15 is 4.39 Å². The summed E-state index contributed by atoms with van der Waals surface area (Å²) in [6, 6.07) is 6.32. The van der Waals surface area contributed by atoms with Crippen LogP contribution in [-0.4, -0.2) is 48.3 Å². The summed E-state index contributed by atoms with van der Waals surface area (Å²) in [5.74, 6) is 0.477. The van der Waals surface area contributed by atoms with E-state index in [4.69, 9.17) is 5.26 Å². The van der Waals surface area contributed by atoms with Crippen molar-refractivity contribution in [2.75, 3.05) is 4.90 Å². The summed E-state index contributed by atoms with van der Waals surface area (Å²) in [5.41, 5.74) is 0.130. The van der Waals surface area contributed by atoms with Crippen LogP contribution in [-0.2, 0) is 0 Å². The molecule has 0 aliphatic heterocycles. The van der Waals surface area contributed by atoms with Gasteiger partial charge < -0.3 is 10.0 Å². The Morgan fingerprint density at radius 1 is 1.25 bits per heavy atom. The fourth-order valence-corrected chi connectivity index (χ4v) is 6.19. The molecule has 186 valence electrons. The van der Waals surface area contributed by atoms with Crippen LogP contribution in [0.4, 0.5) is 14.6 Å². The molecule has 2 heterocycles. The average Bonchev–Trinajstić information content (AvgIpc) is 3.63. The summed E-state index contributed by atoms with van der Waals surface area (Å²) in [4.78, 5) is 6.58. The molecule has 3 aromatic rings. The summed E-state index contributed by atoms with van der Waals surface area (Å²) >= 11 is 0. The topological polar surface area (TPSA) is 104 Å². The normalized spacial score (nSPS) is 27.4. The van der Waals surface area contributed by atoms with Crippen LogP contribution in [0, 0.1) is 28.5 Å². The Labute approximate surface area is 207 Å². The van der Waals surface area contributed by atoms with E-state index in [9.17, 15) is 9.50 Å². The summed E-state index contributed by atoms with van der Waals surface area (Å²) in [5, 5.41) is 32.1. The number of benzene rings is 1. The lowest BCUT2D eigenvalue weighted by Crippen LogP contribution is -2.56. The molecular weight excluding hydrogens is 464 g/mol. The number of aromatic hydroxyl groups is 1. The van der Waals surface area contributed by atoms with Crippen molar-refractivity contribution in [3.8, 4) is 28.9 Å². The maximum Gasteiger partial charge on any atom is 0.198 e. The van der Waals surface area contributed by atoms with Crippen molar-refractivity contribution in [2.24, 2.45) is 11.3 Å². The summed E-state index contributed by atoms with van der Waals surface area (Å²) < 4.78 is 30.8. The van der Waals surface area contributed by atoms with Crippen LogP contribution < -0.4 is 4.90 Å². The zero-order valence-corrected chi connectivity index (χ0v) is 20.0. The highest BCUT2D eigenvalue weighted by Gasteiger charge is 2.52. The van der Waals surface area contributed by atoms with Crippen molar-refractivity contribution in [3.63, 3.8) is 0 Å². The van der Waals surface area contributed by atoms with E-state index in [1.54, 1.807) is 24.4 Å². The number of aromatic nitrogens is 5. The molecule has 2 bridgehead atoms. The molecule has 3 fully saturated rings. The van der Waals surface area contributed by atoms with Gasteiger partial charge in [0.2, 0.25) is 0 Å². The van der Waals surface area contributed by atoms with Gasteiger partial charge in [0.25, 0.3) is 0 Å². The third kappa shape index (κ3) is 3.87. The summed E-state index contributed by atoms with van der Waals surface area (Å²) in [7, 11) is 0. The first kappa shape index (κ1) is 22.8. The molecule has 0 spiro atoms. The second-order valence-electron chi connectivity index (χ2n) is 10.7. The second kappa shape index (κ2) is 8.50. The number of nitriles is 1. The van der Waals surface area contributed by atoms with Gasteiger partial charge in [0.15, 0.2) is 23.2 Å². The van der Waals surface area contributed by atoms with Gasteiger partial charge in [-0.25, -0.2) is 18.4 Å². The van der Waals surface area contributed by atoms with E-state index in [-0.39, 0.29) is 34.8 Å².